The Labute approximate surface area is 271 Å². The molecule has 4 aromatic carbocycles. The summed E-state index contributed by atoms with van der Waals surface area (Å²) >= 11 is 1.24. The number of halogens is 5. The lowest BCUT2D eigenvalue weighted by molar-refractivity contribution is -0.138. The molecule has 0 saturated carbocycles. The molecule has 5 aromatic rings. The third kappa shape index (κ3) is 6.27. The van der Waals surface area contributed by atoms with Gasteiger partial charge in [-0.05, 0) is 54.4 Å². The van der Waals surface area contributed by atoms with E-state index >= 15 is 8.78 Å². The molecule has 11 heteroatoms. The van der Waals surface area contributed by atoms with Crippen LogP contribution in [0.2, 0.25) is 0 Å². The van der Waals surface area contributed by atoms with Crippen LogP contribution in [0.15, 0.2) is 112 Å². The third-order valence-corrected chi connectivity index (χ3v) is 9.17. The Morgan fingerprint density at radius 1 is 0.894 bits per heavy atom. The number of pyridine rings is 1. The van der Waals surface area contributed by atoms with Gasteiger partial charge in [-0.3, -0.25) is 9.36 Å². The highest BCUT2D eigenvalue weighted by atomic mass is 32.2. The van der Waals surface area contributed by atoms with E-state index in [0.717, 1.165) is 24.3 Å². The Balaban J connectivity index is 1.57. The molecule has 1 aliphatic heterocycles. The SMILES string of the molecule is CON=C(c1ccccc1)C1CSc2c(Cc3c(F)cccc3C(F)(F)F)c(C)c(-c3ccc(Oc4ccccc4)cc3F)c(=O)n21. The van der Waals surface area contributed by atoms with E-state index in [0.29, 0.717) is 22.1 Å². The number of aromatic nitrogens is 1. The molecule has 0 radical (unpaired) electrons. The molecule has 1 aromatic heterocycles. The molecule has 1 unspecified atom stereocenters. The van der Waals surface area contributed by atoms with Crippen LogP contribution in [0, 0.1) is 18.6 Å². The van der Waals surface area contributed by atoms with Gasteiger partial charge in [-0.15, -0.1) is 11.8 Å². The fourth-order valence-corrected chi connectivity index (χ4v) is 7.18. The summed E-state index contributed by atoms with van der Waals surface area (Å²) in [6.45, 7) is 1.55. The van der Waals surface area contributed by atoms with Gasteiger partial charge in [-0.25, -0.2) is 8.78 Å². The maximum atomic E-state index is 15.9. The van der Waals surface area contributed by atoms with E-state index in [4.69, 9.17) is 9.57 Å². The summed E-state index contributed by atoms with van der Waals surface area (Å²) in [5.41, 5.74) is -0.826. The van der Waals surface area contributed by atoms with Crippen LogP contribution in [0.25, 0.3) is 11.1 Å². The Bertz CT molecular complexity index is 2030. The van der Waals surface area contributed by atoms with Crippen LogP contribution in [0.5, 0.6) is 11.5 Å². The number of oxime groups is 1. The topological polar surface area (TPSA) is 52.8 Å². The summed E-state index contributed by atoms with van der Waals surface area (Å²) in [5, 5.41) is 4.58. The first kappa shape index (κ1) is 32.1. The molecule has 0 N–H and O–H groups in total. The molecular formula is C36H27F5N2O3S. The van der Waals surface area contributed by atoms with Gasteiger partial charge in [0.25, 0.3) is 5.56 Å². The minimum atomic E-state index is -4.83. The predicted octanol–water partition coefficient (Wildman–Crippen LogP) is 9.20. The molecule has 6 rings (SSSR count). The van der Waals surface area contributed by atoms with Gasteiger partial charge in [0, 0.05) is 34.9 Å². The monoisotopic (exact) mass is 662 g/mol. The van der Waals surface area contributed by atoms with Crippen LogP contribution in [-0.4, -0.2) is 23.1 Å². The maximum absolute atomic E-state index is 15.9. The molecule has 0 bridgehead atoms. The van der Waals surface area contributed by atoms with E-state index in [1.165, 1.54) is 35.6 Å². The van der Waals surface area contributed by atoms with Crippen molar-refractivity contribution in [2.75, 3.05) is 12.9 Å². The number of para-hydroxylation sites is 1. The van der Waals surface area contributed by atoms with E-state index in [2.05, 4.69) is 5.16 Å². The van der Waals surface area contributed by atoms with Crippen molar-refractivity contribution in [1.82, 2.24) is 4.57 Å². The summed E-state index contributed by atoms with van der Waals surface area (Å²) in [4.78, 5) is 19.6. The molecule has 0 aliphatic carbocycles. The van der Waals surface area contributed by atoms with Crippen LogP contribution in [-0.2, 0) is 17.4 Å². The number of rotatable bonds is 8. The van der Waals surface area contributed by atoms with Crippen LogP contribution < -0.4 is 10.3 Å². The number of fused-ring (bicyclic) bond motifs is 1. The van der Waals surface area contributed by atoms with Gasteiger partial charge < -0.3 is 9.57 Å². The lowest BCUT2D eigenvalue weighted by Gasteiger charge is -2.22. The molecular weight excluding hydrogens is 635 g/mol. The van der Waals surface area contributed by atoms with Gasteiger partial charge in [0.15, 0.2) is 0 Å². The highest BCUT2D eigenvalue weighted by Gasteiger charge is 2.38. The van der Waals surface area contributed by atoms with Crippen molar-refractivity contribution in [1.29, 1.82) is 0 Å². The molecule has 0 amide bonds. The smallest absolute Gasteiger partial charge is 0.416 e. The van der Waals surface area contributed by atoms with E-state index in [1.54, 1.807) is 55.5 Å². The second-order valence-corrected chi connectivity index (χ2v) is 11.8. The zero-order chi connectivity index (χ0) is 33.3. The second kappa shape index (κ2) is 13.1. The maximum Gasteiger partial charge on any atom is 0.416 e. The molecule has 0 saturated heterocycles. The van der Waals surface area contributed by atoms with Crippen molar-refractivity contribution in [3.05, 3.63) is 147 Å². The number of nitrogens with zero attached hydrogens (tertiary/aromatic N) is 2. The van der Waals surface area contributed by atoms with Crippen molar-refractivity contribution in [3.63, 3.8) is 0 Å². The molecule has 0 fully saturated rings. The first-order chi connectivity index (χ1) is 22.6. The van der Waals surface area contributed by atoms with Crippen molar-refractivity contribution < 1.29 is 31.5 Å². The predicted molar refractivity (Wildman–Crippen MR) is 171 cm³/mol. The number of alkyl halides is 3. The van der Waals surface area contributed by atoms with Crippen molar-refractivity contribution in [2.24, 2.45) is 5.16 Å². The van der Waals surface area contributed by atoms with E-state index in [9.17, 15) is 18.0 Å². The van der Waals surface area contributed by atoms with Gasteiger partial charge in [0.2, 0.25) is 0 Å². The summed E-state index contributed by atoms with van der Waals surface area (Å²) in [6, 6.07) is 23.9. The first-order valence-corrected chi connectivity index (χ1v) is 15.5. The van der Waals surface area contributed by atoms with Crippen LogP contribution >= 0.6 is 11.8 Å². The van der Waals surface area contributed by atoms with Gasteiger partial charge in [-0.2, -0.15) is 13.2 Å². The fourth-order valence-electron chi connectivity index (χ4n) is 5.81. The number of hydrogen-bond donors (Lipinski definition) is 0. The Hall–Kier alpha value is -4.90. The van der Waals surface area contributed by atoms with Gasteiger partial charge in [0.05, 0.1) is 22.2 Å². The van der Waals surface area contributed by atoms with Gasteiger partial charge >= 0.3 is 6.18 Å². The number of hydrogen-bond acceptors (Lipinski definition) is 5. The van der Waals surface area contributed by atoms with Gasteiger partial charge in [-0.1, -0.05) is 59.8 Å². The Kier molecular flexibility index (Phi) is 8.92. The summed E-state index contributed by atoms with van der Waals surface area (Å²) in [7, 11) is 1.37. The normalized spacial score (nSPS) is 14.6. The summed E-state index contributed by atoms with van der Waals surface area (Å²) in [5.74, 6) is -0.873. The minimum absolute atomic E-state index is 0.0604. The van der Waals surface area contributed by atoms with E-state index in [-0.39, 0.29) is 33.8 Å². The van der Waals surface area contributed by atoms with Crippen molar-refractivity contribution >= 4 is 17.5 Å². The van der Waals surface area contributed by atoms with Crippen molar-refractivity contribution in [2.45, 2.75) is 30.6 Å². The van der Waals surface area contributed by atoms with Gasteiger partial charge in [0.1, 0.15) is 36.0 Å². The fraction of sp³-hybridized carbons (Fsp3) is 0.167. The molecule has 1 atom stereocenters. The second-order valence-electron chi connectivity index (χ2n) is 10.8. The quantitative estimate of drug-likeness (QED) is 0.0945. The average molecular weight is 663 g/mol. The molecule has 240 valence electrons. The number of thioether (sulfide) groups is 1. The number of ether oxygens (including phenoxy) is 1. The molecule has 0 spiro atoms. The Morgan fingerprint density at radius 3 is 2.26 bits per heavy atom. The third-order valence-electron chi connectivity index (χ3n) is 7.97. The highest BCUT2D eigenvalue weighted by molar-refractivity contribution is 7.99. The number of benzene rings is 4. The van der Waals surface area contributed by atoms with Crippen LogP contribution in [0.1, 0.15) is 33.9 Å². The summed E-state index contributed by atoms with van der Waals surface area (Å²) in [6.07, 6.45) is -5.32. The lowest BCUT2D eigenvalue weighted by Crippen LogP contribution is -2.32. The molecule has 2 heterocycles. The standard InChI is InChI=1S/C36H27F5N2O3S/c1-21-26(19-27-28(36(39,40)41)14-9-15-29(27)37)35-43(31(20-47-35)33(42-45-2)22-10-5-3-6-11-22)34(44)32(21)25-17-16-24(18-30(25)38)46-23-12-7-4-8-13-23/h3-18,31H,19-20H2,1-2H3. The van der Waals surface area contributed by atoms with E-state index in [1.807, 2.05) is 12.1 Å². The van der Waals surface area contributed by atoms with Crippen LogP contribution in [0.4, 0.5) is 22.0 Å². The average Bonchev–Trinajstić information content (AvgIpc) is 3.49. The zero-order valence-corrected chi connectivity index (χ0v) is 26.0. The molecule has 47 heavy (non-hydrogen) atoms. The van der Waals surface area contributed by atoms with Crippen LogP contribution in [0.3, 0.4) is 0 Å². The van der Waals surface area contributed by atoms with Crippen molar-refractivity contribution in [3.8, 4) is 22.6 Å². The largest absolute Gasteiger partial charge is 0.457 e. The molecule has 5 nitrogen and oxygen atoms in total. The first-order valence-electron chi connectivity index (χ1n) is 14.5. The lowest BCUT2D eigenvalue weighted by atomic mass is 9.92. The Morgan fingerprint density at radius 2 is 1.60 bits per heavy atom. The highest BCUT2D eigenvalue weighted by Crippen LogP contribution is 2.43. The molecule has 1 aliphatic rings. The van der Waals surface area contributed by atoms with E-state index < -0.39 is 47.0 Å². The minimum Gasteiger partial charge on any atom is -0.457 e. The zero-order valence-electron chi connectivity index (χ0n) is 25.1. The summed E-state index contributed by atoms with van der Waals surface area (Å²) < 4.78 is 80.6.